The van der Waals surface area contributed by atoms with Gasteiger partial charge in [-0.3, -0.25) is 0 Å². The Morgan fingerprint density at radius 1 is 1.29 bits per heavy atom. The number of nitrogens with one attached hydrogen (secondary N) is 1. The fourth-order valence-electron chi connectivity index (χ4n) is 4.35. The Morgan fingerprint density at radius 2 is 2.06 bits per heavy atom. The van der Waals surface area contributed by atoms with Crippen LogP contribution in [0.1, 0.15) is 30.8 Å². The molecule has 3 nitrogen and oxygen atoms in total. The minimum absolute atomic E-state index is 0.415. The Labute approximate surface area is 101 Å². The monoisotopic (exact) mass is 228 g/mol. The Morgan fingerprint density at radius 3 is 2.71 bits per heavy atom. The quantitative estimate of drug-likeness (QED) is 0.863. The maximum atomic E-state index is 8.69. The summed E-state index contributed by atoms with van der Waals surface area (Å²) in [5, 5.41) is 12.3. The molecule has 1 heterocycles. The first-order valence-corrected chi connectivity index (χ1v) is 6.59. The van der Waals surface area contributed by atoms with Gasteiger partial charge in [-0.05, 0) is 55.1 Å². The average Bonchev–Trinajstić information content (AvgIpc) is 2.81. The summed E-state index contributed by atoms with van der Waals surface area (Å²) in [6.07, 6.45) is 4.42. The second kappa shape index (κ2) is 3.36. The van der Waals surface area contributed by atoms with Crippen molar-refractivity contribution in [3.05, 3.63) is 23.7 Å². The molecule has 0 amide bonds. The van der Waals surface area contributed by atoms with Crippen molar-refractivity contribution in [2.24, 2.45) is 23.7 Å². The van der Waals surface area contributed by atoms with Crippen molar-refractivity contribution < 1.29 is 4.42 Å². The van der Waals surface area contributed by atoms with Crippen LogP contribution in [0.4, 0.5) is 0 Å². The van der Waals surface area contributed by atoms with E-state index in [1.54, 1.807) is 6.07 Å². The third kappa shape index (κ3) is 1.37. The van der Waals surface area contributed by atoms with Gasteiger partial charge in [0.1, 0.15) is 11.8 Å². The minimum atomic E-state index is 0.415. The van der Waals surface area contributed by atoms with E-state index in [4.69, 9.17) is 9.68 Å². The molecular weight excluding hydrogens is 212 g/mol. The molecule has 0 saturated heterocycles. The normalized spacial score (nSPS) is 41.2. The lowest BCUT2D eigenvalue weighted by molar-refractivity contribution is 0.427. The second-order valence-corrected chi connectivity index (χ2v) is 5.77. The van der Waals surface area contributed by atoms with E-state index >= 15 is 0 Å². The van der Waals surface area contributed by atoms with Crippen LogP contribution in [0, 0.1) is 35.0 Å². The minimum Gasteiger partial charge on any atom is -0.449 e. The topological polar surface area (TPSA) is 49.0 Å². The molecule has 0 aliphatic heterocycles. The molecule has 4 rings (SSSR count). The SMILES string of the molecule is N#Cc1ccc(CNC2C3C4CCC(C4)C23)o1. The summed E-state index contributed by atoms with van der Waals surface area (Å²) in [7, 11) is 0. The lowest BCUT2D eigenvalue weighted by atomic mass is 10.0. The van der Waals surface area contributed by atoms with Gasteiger partial charge in [0.15, 0.2) is 0 Å². The van der Waals surface area contributed by atoms with Gasteiger partial charge >= 0.3 is 0 Å². The molecule has 3 fully saturated rings. The summed E-state index contributed by atoms with van der Waals surface area (Å²) in [4.78, 5) is 0. The van der Waals surface area contributed by atoms with E-state index in [1.807, 2.05) is 12.1 Å². The summed E-state index contributed by atoms with van der Waals surface area (Å²) in [6, 6.07) is 6.40. The zero-order valence-electron chi connectivity index (χ0n) is 9.73. The van der Waals surface area contributed by atoms with Crippen molar-refractivity contribution in [1.82, 2.24) is 5.32 Å². The van der Waals surface area contributed by atoms with E-state index in [9.17, 15) is 0 Å². The van der Waals surface area contributed by atoms with Crippen molar-refractivity contribution in [2.45, 2.75) is 31.8 Å². The lowest BCUT2D eigenvalue weighted by Crippen LogP contribution is -2.22. The highest BCUT2D eigenvalue weighted by Crippen LogP contribution is 2.65. The summed E-state index contributed by atoms with van der Waals surface area (Å²) < 4.78 is 5.38. The standard InChI is InChI=1S/C14H16N2O/c15-6-10-3-4-11(17-10)7-16-14-12-8-1-2-9(5-8)13(12)14/h3-4,8-9,12-14,16H,1-2,5,7H2. The number of rotatable bonds is 3. The molecule has 1 aromatic rings. The molecule has 0 spiro atoms. The molecule has 4 unspecified atom stereocenters. The fraction of sp³-hybridized carbons (Fsp3) is 0.643. The van der Waals surface area contributed by atoms with Crippen molar-refractivity contribution in [3.63, 3.8) is 0 Å². The van der Waals surface area contributed by atoms with Crippen LogP contribution in [0.2, 0.25) is 0 Å². The molecule has 3 aliphatic carbocycles. The Balaban J connectivity index is 1.37. The van der Waals surface area contributed by atoms with E-state index in [-0.39, 0.29) is 0 Å². The average molecular weight is 228 g/mol. The molecule has 1 N–H and O–H groups in total. The smallest absolute Gasteiger partial charge is 0.203 e. The molecule has 4 atom stereocenters. The summed E-state index contributed by atoms with van der Waals surface area (Å²) in [6.45, 7) is 0.777. The van der Waals surface area contributed by atoms with Crippen LogP contribution in [-0.2, 0) is 6.54 Å². The largest absolute Gasteiger partial charge is 0.449 e. The van der Waals surface area contributed by atoms with Crippen LogP contribution in [-0.4, -0.2) is 6.04 Å². The fourth-order valence-corrected chi connectivity index (χ4v) is 4.35. The number of nitrogens with zero attached hydrogens (tertiary/aromatic N) is 1. The third-order valence-corrected chi connectivity index (χ3v) is 5.02. The molecule has 88 valence electrons. The molecule has 17 heavy (non-hydrogen) atoms. The second-order valence-electron chi connectivity index (χ2n) is 5.77. The van der Waals surface area contributed by atoms with Crippen LogP contribution in [0.3, 0.4) is 0 Å². The summed E-state index contributed by atoms with van der Waals surface area (Å²) in [5.41, 5.74) is 0. The predicted molar refractivity (Wildman–Crippen MR) is 61.9 cm³/mol. The first-order chi connectivity index (χ1) is 8.36. The van der Waals surface area contributed by atoms with E-state index in [1.165, 1.54) is 19.3 Å². The summed E-state index contributed by atoms with van der Waals surface area (Å²) in [5.74, 6) is 5.23. The van der Waals surface area contributed by atoms with Crippen LogP contribution < -0.4 is 5.32 Å². The molecule has 0 radical (unpaired) electrons. The molecule has 3 aliphatic rings. The van der Waals surface area contributed by atoms with Gasteiger partial charge in [0.25, 0.3) is 0 Å². The molecule has 3 saturated carbocycles. The Hall–Kier alpha value is -1.27. The van der Waals surface area contributed by atoms with Gasteiger partial charge in [-0.15, -0.1) is 0 Å². The van der Waals surface area contributed by atoms with Crippen LogP contribution in [0.5, 0.6) is 0 Å². The maximum absolute atomic E-state index is 8.69. The Kier molecular flexibility index (Phi) is 1.93. The number of hydrogen-bond donors (Lipinski definition) is 1. The van der Waals surface area contributed by atoms with Gasteiger partial charge < -0.3 is 9.73 Å². The van der Waals surface area contributed by atoms with Crippen molar-refractivity contribution >= 4 is 0 Å². The Bertz CT molecular complexity index is 471. The van der Waals surface area contributed by atoms with Crippen LogP contribution in [0.15, 0.2) is 16.5 Å². The first-order valence-electron chi connectivity index (χ1n) is 6.59. The van der Waals surface area contributed by atoms with E-state index in [0.717, 1.165) is 42.0 Å². The van der Waals surface area contributed by atoms with Gasteiger partial charge in [0, 0.05) is 6.04 Å². The molecule has 0 aromatic carbocycles. The van der Waals surface area contributed by atoms with E-state index in [0.29, 0.717) is 5.76 Å². The lowest BCUT2D eigenvalue weighted by Gasteiger charge is -2.09. The zero-order valence-corrected chi connectivity index (χ0v) is 9.73. The summed E-state index contributed by atoms with van der Waals surface area (Å²) >= 11 is 0. The number of furan rings is 1. The highest BCUT2D eigenvalue weighted by atomic mass is 16.3. The number of hydrogen-bond acceptors (Lipinski definition) is 3. The van der Waals surface area contributed by atoms with Gasteiger partial charge in [-0.2, -0.15) is 5.26 Å². The van der Waals surface area contributed by atoms with Gasteiger partial charge in [0.2, 0.25) is 5.76 Å². The predicted octanol–water partition coefficient (Wildman–Crippen LogP) is 2.29. The zero-order chi connectivity index (χ0) is 11.4. The number of fused-ring (bicyclic) bond motifs is 5. The molecular formula is C14H16N2O. The first kappa shape index (κ1) is 9.73. The third-order valence-electron chi connectivity index (χ3n) is 5.02. The van der Waals surface area contributed by atoms with Gasteiger partial charge in [-0.25, -0.2) is 0 Å². The van der Waals surface area contributed by atoms with E-state index < -0.39 is 0 Å². The molecule has 1 aromatic heterocycles. The van der Waals surface area contributed by atoms with Crippen molar-refractivity contribution in [3.8, 4) is 6.07 Å². The van der Waals surface area contributed by atoms with Crippen molar-refractivity contribution in [1.29, 1.82) is 5.26 Å². The highest BCUT2D eigenvalue weighted by molar-refractivity contribution is 5.20. The van der Waals surface area contributed by atoms with Crippen LogP contribution in [0.25, 0.3) is 0 Å². The highest BCUT2D eigenvalue weighted by Gasteiger charge is 2.64. The van der Waals surface area contributed by atoms with Gasteiger partial charge in [-0.1, -0.05) is 0 Å². The maximum Gasteiger partial charge on any atom is 0.203 e. The van der Waals surface area contributed by atoms with Gasteiger partial charge in [0.05, 0.1) is 6.54 Å². The van der Waals surface area contributed by atoms with Crippen molar-refractivity contribution in [2.75, 3.05) is 0 Å². The number of nitriles is 1. The molecule has 3 heteroatoms. The van der Waals surface area contributed by atoms with E-state index in [2.05, 4.69) is 5.32 Å². The van der Waals surface area contributed by atoms with Crippen LogP contribution >= 0.6 is 0 Å². The molecule has 2 bridgehead atoms.